The Morgan fingerprint density at radius 2 is 2.12 bits per heavy atom. The number of aliphatic hydroxyl groups is 1. The predicted octanol–water partition coefficient (Wildman–Crippen LogP) is 2.94. The van der Waals surface area contributed by atoms with E-state index in [1.807, 2.05) is 42.5 Å². The molecule has 0 radical (unpaired) electrons. The summed E-state index contributed by atoms with van der Waals surface area (Å²) in [6, 6.07) is 13.1. The normalized spacial score (nSPS) is 17.0. The molecule has 26 heavy (non-hydrogen) atoms. The number of rotatable bonds is 6. The molecule has 2 heterocycles. The molecule has 1 aromatic heterocycles. The van der Waals surface area contributed by atoms with Crippen LogP contribution in [0.1, 0.15) is 18.5 Å². The number of hydrogen-bond acceptors (Lipinski definition) is 4. The predicted molar refractivity (Wildman–Crippen MR) is 100 cm³/mol. The summed E-state index contributed by atoms with van der Waals surface area (Å²) in [5.74, 6) is 0.946. The number of aliphatic hydroxyl groups excluding tert-OH is 1. The standard InChI is InChI=1S/C20H25N3O3/c24-15-16-4-3-12-23(14-16)20(25)22-18-6-8-19(9-7-18)26-13-10-17-5-1-2-11-21-17/h1-2,5-9,11,16,24H,3-4,10,12-15H2,(H,22,25)/t16-/m1/s1. The summed E-state index contributed by atoms with van der Waals surface area (Å²) < 4.78 is 5.72. The minimum atomic E-state index is -0.119. The molecule has 3 rings (SSSR count). The van der Waals surface area contributed by atoms with Crippen LogP contribution in [-0.4, -0.2) is 47.3 Å². The minimum absolute atomic E-state index is 0.119. The average molecular weight is 355 g/mol. The third kappa shape index (κ3) is 5.20. The van der Waals surface area contributed by atoms with Gasteiger partial charge in [0, 0.05) is 43.7 Å². The zero-order valence-electron chi connectivity index (χ0n) is 14.8. The SMILES string of the molecule is O=C(Nc1ccc(OCCc2ccccn2)cc1)N1CCC[C@@H](CO)C1. The van der Waals surface area contributed by atoms with Gasteiger partial charge < -0.3 is 20.1 Å². The Hall–Kier alpha value is -2.60. The number of nitrogens with one attached hydrogen (secondary N) is 1. The number of nitrogens with zero attached hydrogens (tertiary/aromatic N) is 2. The van der Waals surface area contributed by atoms with Crippen LogP contribution < -0.4 is 10.1 Å². The van der Waals surface area contributed by atoms with Crippen LogP contribution in [0.5, 0.6) is 5.75 Å². The molecule has 2 N–H and O–H groups in total. The zero-order valence-corrected chi connectivity index (χ0v) is 14.8. The van der Waals surface area contributed by atoms with Crippen LogP contribution in [0.25, 0.3) is 0 Å². The first-order chi connectivity index (χ1) is 12.7. The molecule has 0 unspecified atom stereocenters. The van der Waals surface area contributed by atoms with Crippen molar-refractivity contribution in [1.82, 2.24) is 9.88 Å². The number of aromatic nitrogens is 1. The number of benzene rings is 1. The topological polar surface area (TPSA) is 74.7 Å². The Kier molecular flexibility index (Phi) is 6.44. The van der Waals surface area contributed by atoms with Gasteiger partial charge in [0.05, 0.1) is 6.61 Å². The quantitative estimate of drug-likeness (QED) is 0.835. The lowest BCUT2D eigenvalue weighted by atomic mass is 9.99. The minimum Gasteiger partial charge on any atom is -0.493 e. The Morgan fingerprint density at radius 3 is 2.85 bits per heavy atom. The van der Waals surface area contributed by atoms with E-state index < -0.39 is 0 Å². The molecule has 1 aromatic carbocycles. The number of piperidine rings is 1. The number of anilines is 1. The molecular formula is C20H25N3O3. The summed E-state index contributed by atoms with van der Waals surface area (Å²) in [6.45, 7) is 2.03. The molecule has 1 aliphatic heterocycles. The largest absolute Gasteiger partial charge is 0.493 e. The van der Waals surface area contributed by atoms with Crippen LogP contribution in [0.4, 0.5) is 10.5 Å². The molecular weight excluding hydrogens is 330 g/mol. The maximum Gasteiger partial charge on any atom is 0.321 e. The fourth-order valence-corrected chi connectivity index (χ4v) is 3.06. The van der Waals surface area contributed by atoms with Crippen molar-refractivity contribution in [3.63, 3.8) is 0 Å². The molecule has 1 saturated heterocycles. The van der Waals surface area contributed by atoms with Gasteiger partial charge in [-0.05, 0) is 55.2 Å². The van der Waals surface area contributed by atoms with Crippen molar-refractivity contribution < 1.29 is 14.6 Å². The van der Waals surface area contributed by atoms with E-state index in [1.54, 1.807) is 11.1 Å². The van der Waals surface area contributed by atoms with Gasteiger partial charge in [-0.1, -0.05) is 6.07 Å². The monoisotopic (exact) mass is 355 g/mol. The van der Waals surface area contributed by atoms with E-state index in [2.05, 4.69) is 10.3 Å². The second-order valence-corrected chi connectivity index (χ2v) is 6.51. The fraction of sp³-hybridized carbons (Fsp3) is 0.400. The molecule has 1 fully saturated rings. The van der Waals surface area contributed by atoms with Crippen LogP contribution in [0.15, 0.2) is 48.7 Å². The second-order valence-electron chi connectivity index (χ2n) is 6.51. The van der Waals surface area contributed by atoms with Crippen molar-refractivity contribution in [3.05, 3.63) is 54.4 Å². The van der Waals surface area contributed by atoms with Crippen LogP contribution in [0.2, 0.25) is 0 Å². The Morgan fingerprint density at radius 1 is 1.27 bits per heavy atom. The number of carbonyl (C=O) groups excluding carboxylic acids is 1. The number of hydrogen-bond donors (Lipinski definition) is 2. The van der Waals surface area contributed by atoms with Crippen LogP contribution in [-0.2, 0) is 6.42 Å². The van der Waals surface area contributed by atoms with E-state index in [9.17, 15) is 9.90 Å². The number of amides is 2. The van der Waals surface area contributed by atoms with Gasteiger partial charge in [0.15, 0.2) is 0 Å². The van der Waals surface area contributed by atoms with E-state index in [4.69, 9.17) is 4.74 Å². The van der Waals surface area contributed by atoms with Gasteiger partial charge in [-0.15, -0.1) is 0 Å². The van der Waals surface area contributed by atoms with Gasteiger partial charge in [0.1, 0.15) is 5.75 Å². The van der Waals surface area contributed by atoms with E-state index in [0.717, 1.165) is 42.9 Å². The highest BCUT2D eigenvalue weighted by Crippen LogP contribution is 2.19. The van der Waals surface area contributed by atoms with E-state index in [1.165, 1.54) is 0 Å². The highest BCUT2D eigenvalue weighted by Gasteiger charge is 2.23. The van der Waals surface area contributed by atoms with E-state index in [0.29, 0.717) is 13.2 Å². The number of urea groups is 1. The number of pyridine rings is 1. The van der Waals surface area contributed by atoms with Gasteiger partial charge in [-0.2, -0.15) is 0 Å². The molecule has 2 amide bonds. The van der Waals surface area contributed by atoms with Crippen LogP contribution >= 0.6 is 0 Å². The lowest BCUT2D eigenvalue weighted by Gasteiger charge is -2.31. The molecule has 1 atom stereocenters. The van der Waals surface area contributed by atoms with Crippen molar-refractivity contribution >= 4 is 11.7 Å². The number of ether oxygens (including phenoxy) is 1. The van der Waals surface area contributed by atoms with Crippen molar-refractivity contribution in [3.8, 4) is 5.75 Å². The first-order valence-electron chi connectivity index (χ1n) is 9.04. The maximum absolute atomic E-state index is 12.3. The van der Waals surface area contributed by atoms with E-state index in [-0.39, 0.29) is 18.6 Å². The van der Waals surface area contributed by atoms with Crippen molar-refractivity contribution in [1.29, 1.82) is 0 Å². The van der Waals surface area contributed by atoms with Gasteiger partial charge >= 0.3 is 6.03 Å². The molecule has 6 heteroatoms. The lowest BCUT2D eigenvalue weighted by Crippen LogP contribution is -2.43. The van der Waals surface area contributed by atoms with Crippen LogP contribution in [0, 0.1) is 5.92 Å². The molecule has 138 valence electrons. The smallest absolute Gasteiger partial charge is 0.321 e. The maximum atomic E-state index is 12.3. The Labute approximate surface area is 153 Å². The van der Waals surface area contributed by atoms with E-state index >= 15 is 0 Å². The highest BCUT2D eigenvalue weighted by atomic mass is 16.5. The number of likely N-dealkylation sites (tertiary alicyclic amines) is 1. The highest BCUT2D eigenvalue weighted by molar-refractivity contribution is 5.89. The second kappa shape index (κ2) is 9.20. The molecule has 0 bridgehead atoms. The molecule has 6 nitrogen and oxygen atoms in total. The van der Waals surface area contributed by atoms with Gasteiger partial charge in [-0.3, -0.25) is 4.98 Å². The summed E-state index contributed by atoms with van der Waals surface area (Å²) in [5.41, 5.74) is 1.73. The molecule has 2 aromatic rings. The van der Waals surface area contributed by atoms with Crippen molar-refractivity contribution in [2.45, 2.75) is 19.3 Å². The first-order valence-corrected chi connectivity index (χ1v) is 9.04. The van der Waals surface area contributed by atoms with Gasteiger partial charge in [-0.25, -0.2) is 4.79 Å². The third-order valence-corrected chi connectivity index (χ3v) is 4.52. The fourth-order valence-electron chi connectivity index (χ4n) is 3.06. The first kappa shape index (κ1) is 18.2. The molecule has 1 aliphatic rings. The molecule has 0 aliphatic carbocycles. The van der Waals surface area contributed by atoms with Gasteiger partial charge in [0.2, 0.25) is 0 Å². The summed E-state index contributed by atoms with van der Waals surface area (Å²) in [4.78, 5) is 18.4. The van der Waals surface area contributed by atoms with Gasteiger partial charge in [0.25, 0.3) is 0 Å². The molecule has 0 saturated carbocycles. The van der Waals surface area contributed by atoms with Crippen molar-refractivity contribution in [2.75, 3.05) is 31.6 Å². The summed E-state index contributed by atoms with van der Waals surface area (Å²) in [7, 11) is 0. The van der Waals surface area contributed by atoms with Crippen LogP contribution in [0.3, 0.4) is 0 Å². The number of carbonyl (C=O) groups is 1. The summed E-state index contributed by atoms with van der Waals surface area (Å²) in [6.07, 6.45) is 4.44. The molecule has 0 spiro atoms. The summed E-state index contributed by atoms with van der Waals surface area (Å²) >= 11 is 0. The zero-order chi connectivity index (χ0) is 18.2. The van der Waals surface area contributed by atoms with Crippen molar-refractivity contribution in [2.24, 2.45) is 5.92 Å². The average Bonchev–Trinajstić information content (AvgIpc) is 2.70. The lowest BCUT2D eigenvalue weighted by molar-refractivity contribution is 0.136. The Bertz CT molecular complexity index is 691. The Balaban J connectivity index is 1.45. The summed E-state index contributed by atoms with van der Waals surface area (Å²) in [5, 5.41) is 12.2. The third-order valence-electron chi connectivity index (χ3n) is 4.52.